The lowest BCUT2D eigenvalue weighted by Crippen LogP contribution is -1.99. The molecule has 0 amide bonds. The van der Waals surface area contributed by atoms with E-state index in [9.17, 15) is 9.90 Å². The molecular formula is C13H13BrN2O3. The number of rotatable bonds is 3. The summed E-state index contributed by atoms with van der Waals surface area (Å²) in [5, 5.41) is 23.0. The van der Waals surface area contributed by atoms with Crippen molar-refractivity contribution in [1.29, 1.82) is 0 Å². The third-order valence-corrected chi connectivity index (χ3v) is 3.51. The minimum absolute atomic E-state index is 0.0464. The van der Waals surface area contributed by atoms with Gasteiger partial charge in [-0.25, -0.2) is 4.79 Å². The van der Waals surface area contributed by atoms with Crippen molar-refractivity contribution in [2.75, 3.05) is 0 Å². The molecule has 0 saturated carbocycles. The number of aromatic nitrogens is 2. The number of carboxylic acids is 1. The summed E-state index contributed by atoms with van der Waals surface area (Å²) in [5.74, 6) is -1.01. The van der Waals surface area contributed by atoms with E-state index in [0.29, 0.717) is 15.7 Å². The van der Waals surface area contributed by atoms with Crippen LogP contribution in [0.2, 0.25) is 0 Å². The number of nitrogens with zero attached hydrogens (tertiary/aromatic N) is 2. The summed E-state index contributed by atoms with van der Waals surface area (Å²) in [6.45, 7) is 2.01. The molecule has 2 rings (SSSR count). The first-order valence-electron chi connectivity index (χ1n) is 5.73. The lowest BCUT2D eigenvalue weighted by atomic mass is 10.0. The van der Waals surface area contributed by atoms with Gasteiger partial charge in [0.15, 0.2) is 5.69 Å². The summed E-state index contributed by atoms with van der Waals surface area (Å²) < 4.78 is 2.03. The van der Waals surface area contributed by atoms with Crippen LogP contribution in [0.1, 0.15) is 23.0 Å². The van der Waals surface area contributed by atoms with Crippen LogP contribution in [0.5, 0.6) is 5.75 Å². The Morgan fingerprint density at radius 2 is 2.11 bits per heavy atom. The lowest BCUT2D eigenvalue weighted by molar-refractivity contribution is 0.0689. The lowest BCUT2D eigenvalue weighted by Gasteiger charge is -2.09. The smallest absolute Gasteiger partial charge is 0.356 e. The Morgan fingerprint density at radius 3 is 2.63 bits per heavy atom. The van der Waals surface area contributed by atoms with Crippen molar-refractivity contribution < 1.29 is 15.0 Å². The molecule has 0 atom stereocenters. The van der Waals surface area contributed by atoms with Gasteiger partial charge in [-0.1, -0.05) is 6.92 Å². The summed E-state index contributed by atoms with van der Waals surface area (Å²) in [4.78, 5) is 10.9. The Labute approximate surface area is 118 Å². The average Bonchev–Trinajstić information content (AvgIpc) is 2.75. The van der Waals surface area contributed by atoms with Crippen LogP contribution < -0.4 is 0 Å². The van der Waals surface area contributed by atoms with Gasteiger partial charge < -0.3 is 10.2 Å². The maximum Gasteiger partial charge on any atom is 0.356 e. The zero-order valence-electron chi connectivity index (χ0n) is 10.5. The highest BCUT2D eigenvalue weighted by Gasteiger charge is 2.17. The first kappa shape index (κ1) is 13.6. The minimum Gasteiger partial charge on any atom is -0.506 e. The predicted molar refractivity (Wildman–Crippen MR) is 74.3 cm³/mol. The van der Waals surface area contributed by atoms with Crippen LogP contribution in [0.4, 0.5) is 0 Å². The summed E-state index contributed by atoms with van der Waals surface area (Å²) in [5.41, 5.74) is 2.12. The van der Waals surface area contributed by atoms with Crippen LogP contribution in [-0.4, -0.2) is 26.0 Å². The van der Waals surface area contributed by atoms with E-state index in [-0.39, 0.29) is 11.4 Å². The molecule has 5 nitrogen and oxygen atoms in total. The van der Waals surface area contributed by atoms with Gasteiger partial charge in [-0.15, -0.1) is 0 Å². The zero-order chi connectivity index (χ0) is 14.2. The molecule has 1 heterocycles. The third kappa shape index (κ3) is 2.49. The molecule has 0 saturated heterocycles. The third-order valence-electron chi connectivity index (χ3n) is 2.91. The summed E-state index contributed by atoms with van der Waals surface area (Å²) in [6, 6.07) is 5.12. The van der Waals surface area contributed by atoms with Crippen molar-refractivity contribution >= 4 is 21.9 Å². The number of hydrogen-bond acceptors (Lipinski definition) is 3. The van der Waals surface area contributed by atoms with Gasteiger partial charge in [0.25, 0.3) is 0 Å². The fraction of sp³-hybridized carbons (Fsp3) is 0.231. The van der Waals surface area contributed by atoms with Crippen LogP contribution in [-0.2, 0) is 13.5 Å². The second kappa shape index (κ2) is 5.05. The van der Waals surface area contributed by atoms with Gasteiger partial charge in [0.2, 0.25) is 0 Å². The molecule has 0 unspecified atom stereocenters. The Morgan fingerprint density at radius 1 is 1.42 bits per heavy atom. The molecule has 2 aromatic rings. The molecule has 19 heavy (non-hydrogen) atoms. The Balaban J connectivity index is 2.64. The standard InChI is InChI=1S/C13H13BrN2O3/c1-3-7-4-8(12(17)9(14)5-7)11-6-10(13(18)19)15-16(11)2/h4-6,17H,3H2,1-2H3,(H,18,19). The molecular weight excluding hydrogens is 312 g/mol. The van der Waals surface area contributed by atoms with Crippen molar-refractivity contribution in [3.05, 3.63) is 33.9 Å². The number of aryl methyl sites for hydroxylation is 2. The van der Waals surface area contributed by atoms with Gasteiger partial charge in [-0.2, -0.15) is 5.10 Å². The Kier molecular flexibility index (Phi) is 3.61. The SMILES string of the molecule is CCc1cc(Br)c(O)c(-c2cc(C(=O)O)nn2C)c1. The number of hydrogen-bond donors (Lipinski definition) is 2. The molecule has 0 aliphatic heterocycles. The number of aromatic carboxylic acids is 1. The molecule has 0 spiro atoms. The fourth-order valence-corrected chi connectivity index (χ4v) is 2.39. The van der Waals surface area contributed by atoms with Crippen molar-refractivity contribution in [2.45, 2.75) is 13.3 Å². The van der Waals surface area contributed by atoms with Crippen molar-refractivity contribution in [3.63, 3.8) is 0 Å². The average molecular weight is 325 g/mol. The van der Waals surface area contributed by atoms with E-state index in [2.05, 4.69) is 21.0 Å². The largest absolute Gasteiger partial charge is 0.506 e. The fourth-order valence-electron chi connectivity index (χ4n) is 1.88. The molecule has 1 aromatic carbocycles. The maximum atomic E-state index is 10.9. The van der Waals surface area contributed by atoms with E-state index in [1.54, 1.807) is 7.05 Å². The molecule has 2 N–H and O–H groups in total. The van der Waals surface area contributed by atoms with Gasteiger partial charge >= 0.3 is 5.97 Å². The number of aromatic hydroxyl groups is 1. The number of carbonyl (C=O) groups is 1. The number of phenols is 1. The number of benzene rings is 1. The van der Waals surface area contributed by atoms with E-state index in [1.165, 1.54) is 10.7 Å². The highest BCUT2D eigenvalue weighted by atomic mass is 79.9. The molecule has 0 fully saturated rings. The van der Waals surface area contributed by atoms with Crippen LogP contribution in [0.3, 0.4) is 0 Å². The Hall–Kier alpha value is -1.82. The second-order valence-electron chi connectivity index (χ2n) is 4.17. The Bertz CT molecular complexity index is 650. The molecule has 0 aliphatic rings. The summed E-state index contributed by atoms with van der Waals surface area (Å²) in [6.07, 6.45) is 0.815. The highest BCUT2D eigenvalue weighted by molar-refractivity contribution is 9.10. The number of phenolic OH excluding ortho intramolecular Hbond substituents is 1. The van der Waals surface area contributed by atoms with Crippen LogP contribution in [0.15, 0.2) is 22.7 Å². The van der Waals surface area contributed by atoms with Crippen LogP contribution >= 0.6 is 15.9 Å². The quantitative estimate of drug-likeness (QED) is 0.910. The van der Waals surface area contributed by atoms with Gasteiger partial charge in [-0.05, 0) is 46.1 Å². The van der Waals surface area contributed by atoms with Gasteiger partial charge in [0.1, 0.15) is 5.75 Å². The topological polar surface area (TPSA) is 75.3 Å². The van der Waals surface area contributed by atoms with Crippen LogP contribution in [0, 0.1) is 0 Å². The zero-order valence-corrected chi connectivity index (χ0v) is 12.1. The van der Waals surface area contributed by atoms with E-state index in [1.807, 2.05) is 19.1 Å². The molecule has 0 aliphatic carbocycles. The molecule has 0 radical (unpaired) electrons. The van der Waals surface area contributed by atoms with E-state index in [4.69, 9.17) is 5.11 Å². The number of carboxylic acid groups (broad SMARTS) is 1. The normalized spacial score (nSPS) is 10.7. The van der Waals surface area contributed by atoms with E-state index in [0.717, 1.165) is 12.0 Å². The van der Waals surface area contributed by atoms with E-state index < -0.39 is 5.97 Å². The summed E-state index contributed by atoms with van der Waals surface area (Å²) >= 11 is 3.30. The van der Waals surface area contributed by atoms with Gasteiger partial charge in [0.05, 0.1) is 10.2 Å². The summed E-state index contributed by atoms with van der Waals surface area (Å²) in [7, 11) is 1.65. The monoisotopic (exact) mass is 324 g/mol. The van der Waals surface area contributed by atoms with Crippen molar-refractivity contribution in [1.82, 2.24) is 9.78 Å². The van der Waals surface area contributed by atoms with Gasteiger partial charge in [0, 0.05) is 12.6 Å². The highest BCUT2D eigenvalue weighted by Crippen LogP contribution is 2.36. The van der Waals surface area contributed by atoms with Crippen molar-refractivity contribution in [2.24, 2.45) is 7.05 Å². The number of halogens is 1. The molecule has 6 heteroatoms. The second-order valence-corrected chi connectivity index (χ2v) is 5.03. The first-order chi connectivity index (χ1) is 8.93. The van der Waals surface area contributed by atoms with Crippen LogP contribution in [0.25, 0.3) is 11.3 Å². The predicted octanol–water partition coefficient (Wildman–Crippen LogP) is 2.82. The first-order valence-corrected chi connectivity index (χ1v) is 6.52. The minimum atomic E-state index is -1.09. The van der Waals surface area contributed by atoms with E-state index >= 15 is 0 Å². The maximum absolute atomic E-state index is 10.9. The molecule has 1 aromatic heterocycles. The molecule has 100 valence electrons. The van der Waals surface area contributed by atoms with Gasteiger partial charge in [-0.3, -0.25) is 4.68 Å². The van der Waals surface area contributed by atoms with Crippen molar-refractivity contribution in [3.8, 4) is 17.0 Å². The molecule has 0 bridgehead atoms.